The van der Waals surface area contributed by atoms with Crippen LogP contribution in [-0.2, 0) is 13.0 Å². The number of aromatic amines is 1. The van der Waals surface area contributed by atoms with Crippen LogP contribution >= 0.6 is 12.2 Å². The van der Waals surface area contributed by atoms with E-state index in [1.165, 1.54) is 0 Å². The molecule has 0 atom stereocenters. The molecule has 0 spiro atoms. The summed E-state index contributed by atoms with van der Waals surface area (Å²) in [5, 5.41) is 19.5. The highest BCUT2D eigenvalue weighted by atomic mass is 32.1. The van der Waals surface area contributed by atoms with E-state index in [-0.39, 0.29) is 5.69 Å². The number of ether oxygens (including phenoxy) is 1. The second-order valence-corrected chi connectivity index (χ2v) is 5.52. The number of H-pyrrole nitrogens is 1. The molecule has 2 heterocycles. The number of hydrogen-bond acceptors (Lipinski definition) is 4. The number of para-hydroxylation sites is 2. The van der Waals surface area contributed by atoms with Gasteiger partial charge in [-0.2, -0.15) is 5.10 Å². The fraction of sp³-hybridized carbons (Fsp3) is 0.267. The van der Waals surface area contributed by atoms with Crippen molar-refractivity contribution in [1.82, 2.24) is 15.1 Å². The van der Waals surface area contributed by atoms with Gasteiger partial charge in [0.25, 0.3) is 0 Å². The largest absolute Gasteiger partial charge is 0.495 e. The summed E-state index contributed by atoms with van der Waals surface area (Å²) in [5.74, 6) is -0.338. The van der Waals surface area contributed by atoms with E-state index in [0.717, 1.165) is 11.4 Å². The number of thiocarbonyl (C=S) groups is 1. The number of carboxylic acids is 1. The van der Waals surface area contributed by atoms with Crippen LogP contribution in [0.2, 0.25) is 0 Å². The van der Waals surface area contributed by atoms with Crippen molar-refractivity contribution in [2.75, 3.05) is 19.0 Å². The number of anilines is 1. The predicted molar refractivity (Wildman–Crippen MR) is 88.9 cm³/mol. The highest BCUT2D eigenvalue weighted by Crippen LogP contribution is 2.25. The molecule has 0 amide bonds. The van der Waals surface area contributed by atoms with Crippen LogP contribution in [0.25, 0.3) is 0 Å². The number of carboxylic acid groups (broad SMARTS) is 1. The zero-order valence-electron chi connectivity index (χ0n) is 12.5. The number of aromatic nitrogens is 2. The molecule has 2 aromatic rings. The zero-order chi connectivity index (χ0) is 16.4. The van der Waals surface area contributed by atoms with Gasteiger partial charge in [0.2, 0.25) is 0 Å². The minimum atomic E-state index is -1.03. The molecule has 0 radical (unpaired) electrons. The number of nitrogens with one attached hydrogen (secondary N) is 2. The lowest BCUT2D eigenvalue weighted by molar-refractivity contribution is 0.0688. The van der Waals surface area contributed by atoms with E-state index in [4.69, 9.17) is 17.0 Å². The molecular formula is C15H16N4O3S. The standard InChI is InChI=1S/C15H16N4O3S/c1-22-12-5-3-2-4-11(12)16-15(23)19-7-6-10-9(8-19)13(14(20)21)18-17-10/h2-5H,6-8H2,1H3,(H,16,23)(H,17,18)(H,20,21). The summed E-state index contributed by atoms with van der Waals surface area (Å²) in [6.45, 7) is 1.10. The van der Waals surface area contributed by atoms with Gasteiger partial charge >= 0.3 is 5.97 Å². The first-order chi connectivity index (χ1) is 11.1. The van der Waals surface area contributed by atoms with E-state index < -0.39 is 5.97 Å². The molecule has 23 heavy (non-hydrogen) atoms. The lowest BCUT2D eigenvalue weighted by Gasteiger charge is -2.29. The van der Waals surface area contributed by atoms with Crippen molar-refractivity contribution in [3.05, 3.63) is 41.2 Å². The van der Waals surface area contributed by atoms with Gasteiger partial charge in [-0.05, 0) is 24.4 Å². The molecule has 8 heteroatoms. The molecule has 0 saturated carbocycles. The summed E-state index contributed by atoms with van der Waals surface area (Å²) in [4.78, 5) is 13.1. The predicted octanol–water partition coefficient (Wildman–Crippen LogP) is 1.87. The third kappa shape index (κ3) is 2.98. The summed E-state index contributed by atoms with van der Waals surface area (Å²) in [6, 6.07) is 7.49. The Morgan fingerprint density at radius 1 is 1.48 bits per heavy atom. The van der Waals surface area contributed by atoms with Crippen molar-refractivity contribution in [1.29, 1.82) is 0 Å². The van der Waals surface area contributed by atoms with Gasteiger partial charge in [-0.3, -0.25) is 5.10 Å². The Labute approximate surface area is 138 Å². The molecule has 1 aliphatic heterocycles. The summed E-state index contributed by atoms with van der Waals surface area (Å²) >= 11 is 5.46. The van der Waals surface area contributed by atoms with Crippen molar-refractivity contribution in [2.45, 2.75) is 13.0 Å². The average molecular weight is 332 g/mol. The van der Waals surface area contributed by atoms with Gasteiger partial charge in [0, 0.05) is 30.8 Å². The summed E-state index contributed by atoms with van der Waals surface area (Å²) < 4.78 is 5.29. The van der Waals surface area contributed by atoms with Crippen molar-refractivity contribution in [2.24, 2.45) is 0 Å². The average Bonchev–Trinajstić information content (AvgIpc) is 2.98. The minimum absolute atomic E-state index is 0.0600. The number of carbonyl (C=O) groups is 1. The van der Waals surface area contributed by atoms with E-state index in [1.54, 1.807) is 7.11 Å². The quantitative estimate of drug-likeness (QED) is 0.739. The lowest BCUT2D eigenvalue weighted by Crippen LogP contribution is -2.39. The van der Waals surface area contributed by atoms with Crippen LogP contribution in [0.5, 0.6) is 5.75 Å². The number of nitrogens with zero attached hydrogens (tertiary/aromatic N) is 2. The molecular weight excluding hydrogens is 316 g/mol. The van der Waals surface area contributed by atoms with Gasteiger partial charge in [-0.1, -0.05) is 12.1 Å². The second-order valence-electron chi connectivity index (χ2n) is 5.14. The Kier molecular flexibility index (Phi) is 4.16. The molecule has 0 saturated heterocycles. The lowest BCUT2D eigenvalue weighted by atomic mass is 10.1. The number of fused-ring (bicyclic) bond motifs is 1. The van der Waals surface area contributed by atoms with Gasteiger partial charge in [0.1, 0.15) is 5.75 Å². The maximum atomic E-state index is 11.2. The van der Waals surface area contributed by atoms with E-state index >= 15 is 0 Å². The number of benzene rings is 1. The highest BCUT2D eigenvalue weighted by molar-refractivity contribution is 7.80. The van der Waals surface area contributed by atoms with Crippen LogP contribution in [0.3, 0.4) is 0 Å². The third-order valence-electron chi connectivity index (χ3n) is 3.77. The SMILES string of the molecule is COc1ccccc1NC(=S)N1CCc2[nH]nc(C(=O)O)c2C1. The number of rotatable bonds is 3. The Bertz CT molecular complexity index is 759. The first-order valence-electron chi connectivity index (χ1n) is 7.08. The molecule has 1 aromatic heterocycles. The topological polar surface area (TPSA) is 90.5 Å². The van der Waals surface area contributed by atoms with Gasteiger partial charge in [-0.25, -0.2) is 4.79 Å². The van der Waals surface area contributed by atoms with Crippen LogP contribution in [0.4, 0.5) is 5.69 Å². The molecule has 7 nitrogen and oxygen atoms in total. The maximum Gasteiger partial charge on any atom is 0.356 e. The maximum absolute atomic E-state index is 11.2. The summed E-state index contributed by atoms with van der Waals surface area (Å²) in [5.41, 5.74) is 2.38. The fourth-order valence-corrected chi connectivity index (χ4v) is 2.85. The molecule has 1 aliphatic rings. The minimum Gasteiger partial charge on any atom is -0.495 e. The zero-order valence-corrected chi connectivity index (χ0v) is 13.3. The third-order valence-corrected chi connectivity index (χ3v) is 4.13. The van der Waals surface area contributed by atoms with E-state index in [0.29, 0.717) is 35.9 Å². The summed E-state index contributed by atoms with van der Waals surface area (Å²) in [6.07, 6.45) is 0.670. The van der Waals surface area contributed by atoms with Crippen molar-refractivity contribution >= 4 is 29.0 Å². The van der Waals surface area contributed by atoms with Crippen LogP contribution in [0.15, 0.2) is 24.3 Å². The normalized spacial score (nSPS) is 13.3. The Hall–Kier alpha value is -2.61. The Morgan fingerprint density at radius 3 is 3.00 bits per heavy atom. The molecule has 0 bridgehead atoms. The van der Waals surface area contributed by atoms with Crippen LogP contribution in [0.1, 0.15) is 21.7 Å². The van der Waals surface area contributed by atoms with E-state index in [2.05, 4.69) is 15.5 Å². The first kappa shape index (κ1) is 15.3. The van der Waals surface area contributed by atoms with Crippen LogP contribution < -0.4 is 10.1 Å². The smallest absolute Gasteiger partial charge is 0.356 e. The molecule has 3 rings (SSSR count). The van der Waals surface area contributed by atoms with Gasteiger partial charge in [0.15, 0.2) is 10.8 Å². The molecule has 0 fully saturated rings. The van der Waals surface area contributed by atoms with Gasteiger partial charge in [-0.15, -0.1) is 0 Å². The highest BCUT2D eigenvalue weighted by Gasteiger charge is 2.26. The number of methoxy groups -OCH3 is 1. The molecule has 0 unspecified atom stereocenters. The van der Waals surface area contributed by atoms with Gasteiger partial charge < -0.3 is 20.1 Å². The second kappa shape index (κ2) is 6.25. The molecule has 1 aromatic carbocycles. The number of hydrogen-bond donors (Lipinski definition) is 3. The molecule has 0 aliphatic carbocycles. The molecule has 3 N–H and O–H groups in total. The Morgan fingerprint density at radius 2 is 2.26 bits per heavy atom. The molecule has 120 valence electrons. The van der Waals surface area contributed by atoms with Crippen molar-refractivity contribution in [3.8, 4) is 5.75 Å². The van der Waals surface area contributed by atoms with E-state index in [1.807, 2.05) is 29.2 Å². The van der Waals surface area contributed by atoms with E-state index in [9.17, 15) is 9.90 Å². The number of aromatic carboxylic acids is 1. The van der Waals surface area contributed by atoms with Crippen molar-refractivity contribution in [3.63, 3.8) is 0 Å². The first-order valence-corrected chi connectivity index (χ1v) is 7.49. The van der Waals surface area contributed by atoms with Gasteiger partial charge in [0.05, 0.1) is 12.8 Å². The van der Waals surface area contributed by atoms with Crippen LogP contribution in [0, 0.1) is 0 Å². The van der Waals surface area contributed by atoms with Crippen molar-refractivity contribution < 1.29 is 14.6 Å². The monoisotopic (exact) mass is 332 g/mol. The fourth-order valence-electron chi connectivity index (χ4n) is 2.59. The van der Waals surface area contributed by atoms with Crippen LogP contribution in [-0.4, -0.2) is 44.9 Å². The Balaban J connectivity index is 1.76. The summed E-state index contributed by atoms with van der Waals surface area (Å²) in [7, 11) is 1.60.